The Kier molecular flexibility index (Phi) is 19.4. The summed E-state index contributed by atoms with van der Waals surface area (Å²) in [6, 6.07) is 0. The van der Waals surface area contributed by atoms with E-state index < -0.39 is 24.2 Å². The van der Waals surface area contributed by atoms with Gasteiger partial charge in [-0.15, -0.1) is 0 Å². The lowest BCUT2D eigenvalue weighted by Crippen LogP contribution is -2.43. The Balaban J connectivity index is 4.94. The van der Waals surface area contributed by atoms with Gasteiger partial charge >= 0.3 is 0 Å². The fourth-order valence-corrected chi connectivity index (χ4v) is 2.43. The van der Waals surface area contributed by atoms with E-state index in [4.69, 9.17) is 42.0 Å². The van der Waals surface area contributed by atoms with E-state index in [1.54, 1.807) is 0 Å². The van der Waals surface area contributed by atoms with Crippen LogP contribution in [-0.4, -0.2) is 130 Å². The largest absolute Gasteiger partial charge is 0.378 e. The third-order valence-corrected chi connectivity index (χ3v) is 3.91. The van der Waals surface area contributed by atoms with Crippen LogP contribution in [0.1, 0.15) is 11.0 Å². The first-order valence-electron chi connectivity index (χ1n) is 12.3. The van der Waals surface area contributed by atoms with Gasteiger partial charge in [0.25, 0.3) is 0 Å². The summed E-state index contributed by atoms with van der Waals surface area (Å²) in [5.41, 5.74) is -0.831. The van der Waals surface area contributed by atoms with Gasteiger partial charge in [-0.1, -0.05) is 0 Å². The molecule has 0 N–H and O–H groups in total. The molecule has 0 amide bonds. The Hall–Kier alpha value is -1.64. The average Bonchev–Trinajstić information content (AvgIpc) is 2.82. The van der Waals surface area contributed by atoms with Crippen molar-refractivity contribution in [3.8, 4) is 0 Å². The van der Waals surface area contributed by atoms with Crippen molar-refractivity contribution in [2.45, 2.75) is 6.92 Å². The third kappa shape index (κ3) is 20.9. The van der Waals surface area contributed by atoms with Gasteiger partial charge in [-0.25, -0.2) is 0 Å². The van der Waals surface area contributed by atoms with Crippen molar-refractivity contribution in [1.82, 2.24) is 0 Å². The molecule has 0 spiro atoms. The van der Waals surface area contributed by atoms with E-state index in [9.17, 15) is 19.2 Å². The standard InChI is InChI=1S/C22H38O12/c1-21(26)16-30-11-15-34-20-22(17-31-12-8-27-5-2-23,18-32-13-9-28-6-3-24)19-33-14-10-29-7-4-25/h2-4H,5-20H2,1H3/i2D,3D,4D. The minimum atomic E-state index is -0.847. The summed E-state index contributed by atoms with van der Waals surface area (Å²) in [6.45, 7) is 1.79. The Morgan fingerprint density at radius 1 is 0.588 bits per heavy atom. The van der Waals surface area contributed by atoms with Gasteiger partial charge in [-0.05, 0) is 6.92 Å². The first-order chi connectivity index (χ1) is 17.7. The van der Waals surface area contributed by atoms with Gasteiger partial charge in [-0.2, -0.15) is 0 Å². The summed E-state index contributed by atoms with van der Waals surface area (Å²) in [5.74, 6) is -0.109. The molecule has 0 fully saturated rings. The van der Waals surface area contributed by atoms with Gasteiger partial charge in [0.05, 0.1) is 84.7 Å². The molecule has 0 aromatic carbocycles. The number of aldehydes is 3. The number of rotatable bonds is 28. The minimum Gasteiger partial charge on any atom is -0.378 e. The zero-order valence-electron chi connectivity index (χ0n) is 22.7. The summed E-state index contributed by atoms with van der Waals surface area (Å²) >= 11 is 0. The summed E-state index contributed by atoms with van der Waals surface area (Å²) in [4.78, 5) is 43.0. The van der Waals surface area contributed by atoms with E-state index in [1.165, 1.54) is 6.92 Å². The number of hydrogen-bond donors (Lipinski definition) is 0. The molecule has 0 aliphatic heterocycles. The van der Waals surface area contributed by atoms with Crippen molar-refractivity contribution < 1.29 is 61.2 Å². The highest BCUT2D eigenvalue weighted by atomic mass is 16.6. The molecule has 0 saturated heterocycles. The van der Waals surface area contributed by atoms with E-state index in [1.807, 2.05) is 0 Å². The first-order valence-corrected chi connectivity index (χ1v) is 10.8. The molecule has 0 rings (SSSR count). The van der Waals surface area contributed by atoms with Crippen LogP contribution in [0.25, 0.3) is 0 Å². The van der Waals surface area contributed by atoms with Gasteiger partial charge in [0.2, 0.25) is 0 Å². The number of hydrogen-bond acceptors (Lipinski definition) is 12. The van der Waals surface area contributed by atoms with Crippen LogP contribution in [0, 0.1) is 5.41 Å². The number of Topliss-reactive ketones (excluding diaryl/α,β-unsaturated/α-hetero) is 1. The number of carbonyl (C=O) groups is 4. The van der Waals surface area contributed by atoms with Crippen LogP contribution in [0.4, 0.5) is 0 Å². The molecule has 0 aliphatic rings. The van der Waals surface area contributed by atoms with Gasteiger partial charge in [0, 0.05) is 0 Å². The summed E-state index contributed by atoms with van der Waals surface area (Å²) in [5, 5.41) is 0. The van der Waals surface area contributed by atoms with Gasteiger partial charge < -0.3 is 52.3 Å². The van der Waals surface area contributed by atoms with Crippen LogP contribution in [0.3, 0.4) is 0 Å². The molecule has 0 unspecified atom stereocenters. The molecule has 34 heavy (non-hydrogen) atoms. The molecule has 12 nitrogen and oxygen atoms in total. The van der Waals surface area contributed by atoms with Crippen LogP contribution >= 0.6 is 0 Å². The second kappa shape index (κ2) is 24.5. The zero-order valence-corrected chi connectivity index (χ0v) is 19.7. The van der Waals surface area contributed by atoms with Gasteiger partial charge in [0.15, 0.2) is 5.78 Å². The van der Waals surface area contributed by atoms with Crippen LogP contribution in [0.5, 0.6) is 0 Å². The highest BCUT2D eigenvalue weighted by Crippen LogP contribution is 2.21. The molecule has 0 aromatic rings. The van der Waals surface area contributed by atoms with Crippen molar-refractivity contribution in [2.75, 3.05) is 106 Å². The van der Waals surface area contributed by atoms with Crippen LogP contribution in [0.2, 0.25) is 0 Å². The van der Waals surface area contributed by atoms with Gasteiger partial charge in [0.1, 0.15) is 49.3 Å². The molecular weight excluding hydrogens is 456 g/mol. The molecule has 0 radical (unpaired) electrons. The molecule has 0 atom stereocenters. The number of ether oxygens (including phenoxy) is 8. The molecule has 0 bridgehead atoms. The molecule has 0 aliphatic carbocycles. The van der Waals surface area contributed by atoms with E-state index in [-0.39, 0.29) is 111 Å². The predicted molar refractivity (Wildman–Crippen MR) is 118 cm³/mol. The second-order valence-corrected chi connectivity index (χ2v) is 7.06. The summed E-state index contributed by atoms with van der Waals surface area (Å²) in [7, 11) is 0. The SMILES string of the molecule is [2H]C(=O)COCCOCC(COCCOCC([2H])=O)(COCCOCC([2H])=O)COCCOCC(C)=O. The smallest absolute Gasteiger partial charge is 0.155 e. The maximum Gasteiger partial charge on any atom is 0.155 e. The Bertz CT molecular complexity index is 541. The Labute approximate surface area is 204 Å². The maximum absolute atomic E-state index is 11.0. The van der Waals surface area contributed by atoms with Crippen molar-refractivity contribution >= 4 is 24.6 Å². The molecular formula is C22H38O12. The highest BCUT2D eigenvalue weighted by molar-refractivity contribution is 5.76. The van der Waals surface area contributed by atoms with Crippen LogP contribution < -0.4 is 0 Å². The van der Waals surface area contributed by atoms with Crippen LogP contribution in [-0.2, 0) is 57.1 Å². The average molecular weight is 498 g/mol. The lowest BCUT2D eigenvalue weighted by Gasteiger charge is -2.33. The van der Waals surface area contributed by atoms with E-state index in [0.717, 1.165) is 0 Å². The summed E-state index contributed by atoms with van der Waals surface area (Å²) < 4.78 is 63.6. The normalized spacial score (nSPS) is 12.7. The zero-order chi connectivity index (χ0) is 27.8. The lowest BCUT2D eigenvalue weighted by atomic mass is 9.92. The quantitative estimate of drug-likeness (QED) is 0.0995. The number of ketones is 1. The molecule has 0 saturated carbocycles. The number of carbonyl (C=O) groups excluding carboxylic acids is 4. The lowest BCUT2D eigenvalue weighted by molar-refractivity contribution is -0.127. The fraction of sp³-hybridized carbons (Fsp3) is 0.818. The topological polar surface area (TPSA) is 142 Å². The van der Waals surface area contributed by atoms with Crippen LogP contribution in [0.15, 0.2) is 0 Å². The molecule has 198 valence electrons. The van der Waals surface area contributed by atoms with Crippen molar-refractivity contribution in [3.63, 3.8) is 0 Å². The van der Waals surface area contributed by atoms with E-state index >= 15 is 0 Å². The van der Waals surface area contributed by atoms with Crippen molar-refractivity contribution in [3.05, 3.63) is 0 Å². The first kappa shape index (κ1) is 27.0. The Morgan fingerprint density at radius 3 is 1.18 bits per heavy atom. The third-order valence-electron chi connectivity index (χ3n) is 3.91. The second-order valence-electron chi connectivity index (χ2n) is 7.06. The fourth-order valence-electron chi connectivity index (χ4n) is 2.43. The van der Waals surface area contributed by atoms with Crippen molar-refractivity contribution in [2.24, 2.45) is 5.41 Å². The van der Waals surface area contributed by atoms with Crippen molar-refractivity contribution in [1.29, 1.82) is 0 Å². The predicted octanol–water partition coefficient (Wildman–Crippen LogP) is -0.709. The molecule has 0 aromatic heterocycles. The minimum absolute atomic E-state index is 0.0215. The van der Waals surface area contributed by atoms with E-state index in [2.05, 4.69) is 0 Å². The summed E-state index contributed by atoms with van der Waals surface area (Å²) in [6.07, 6.45) is -2.54. The van der Waals surface area contributed by atoms with E-state index in [0.29, 0.717) is 0 Å². The highest BCUT2D eigenvalue weighted by Gasteiger charge is 2.32. The van der Waals surface area contributed by atoms with Gasteiger partial charge in [-0.3, -0.25) is 4.79 Å². The monoisotopic (exact) mass is 497 g/mol. The molecule has 12 heteroatoms. The Morgan fingerprint density at radius 2 is 0.882 bits per heavy atom. The molecule has 0 heterocycles. The maximum atomic E-state index is 11.0.